The number of carbonyl (C=O) groups excluding carboxylic acids is 3. The summed E-state index contributed by atoms with van der Waals surface area (Å²) in [6, 6.07) is 17.3. The van der Waals surface area contributed by atoms with E-state index < -0.39 is 17.4 Å². The van der Waals surface area contributed by atoms with Crippen LogP contribution in [0.5, 0.6) is 0 Å². The summed E-state index contributed by atoms with van der Waals surface area (Å²) in [5.41, 5.74) is 1.85. The zero-order valence-corrected chi connectivity index (χ0v) is 19.4. The molecule has 2 fully saturated rings. The highest BCUT2D eigenvalue weighted by molar-refractivity contribution is 6.03. The summed E-state index contributed by atoms with van der Waals surface area (Å²) in [5, 5.41) is 5.85. The molecule has 5 rings (SSSR count). The average Bonchev–Trinajstić information content (AvgIpc) is 3.47. The van der Waals surface area contributed by atoms with Crippen LogP contribution in [0.4, 0.5) is 11.4 Å². The molecule has 1 spiro atoms. The van der Waals surface area contributed by atoms with E-state index in [4.69, 9.17) is 4.74 Å². The second kappa shape index (κ2) is 8.72. The number of amides is 3. The first kappa shape index (κ1) is 22.3. The van der Waals surface area contributed by atoms with E-state index in [0.29, 0.717) is 12.2 Å². The first-order valence-corrected chi connectivity index (χ1v) is 11.8. The summed E-state index contributed by atoms with van der Waals surface area (Å²) in [6.07, 6.45) is 5.20. The van der Waals surface area contributed by atoms with E-state index >= 15 is 0 Å². The second-order valence-electron chi connectivity index (χ2n) is 9.49. The lowest BCUT2D eigenvalue weighted by Gasteiger charge is -2.25. The lowest BCUT2D eigenvalue weighted by atomic mass is 9.76. The first-order valence-electron chi connectivity index (χ1n) is 11.8. The Labute approximate surface area is 199 Å². The van der Waals surface area contributed by atoms with Gasteiger partial charge >= 0.3 is 0 Å². The highest BCUT2D eigenvalue weighted by Gasteiger charge is 2.67. The maximum atomic E-state index is 13.5. The molecule has 0 radical (unpaired) electrons. The van der Waals surface area contributed by atoms with Crippen LogP contribution in [0.15, 0.2) is 66.7 Å². The fraction of sp³-hybridized carbons (Fsp3) is 0.370. The molecule has 2 bridgehead atoms. The molecule has 2 aromatic carbocycles. The molecule has 176 valence electrons. The van der Waals surface area contributed by atoms with E-state index in [1.165, 1.54) is 12.5 Å². The van der Waals surface area contributed by atoms with Gasteiger partial charge < -0.3 is 20.3 Å². The maximum absolute atomic E-state index is 13.5. The molecule has 5 atom stereocenters. The van der Waals surface area contributed by atoms with Gasteiger partial charge in [0.25, 0.3) is 0 Å². The molecule has 3 aliphatic heterocycles. The lowest BCUT2D eigenvalue weighted by molar-refractivity contribution is -0.132. The quantitative estimate of drug-likeness (QED) is 0.623. The van der Waals surface area contributed by atoms with Gasteiger partial charge in [-0.2, -0.15) is 0 Å². The summed E-state index contributed by atoms with van der Waals surface area (Å²) in [5.74, 6) is -1.46. The summed E-state index contributed by atoms with van der Waals surface area (Å²) in [7, 11) is 0. The van der Waals surface area contributed by atoms with E-state index in [1.54, 1.807) is 29.2 Å². The van der Waals surface area contributed by atoms with E-state index in [2.05, 4.69) is 22.8 Å². The fourth-order valence-corrected chi connectivity index (χ4v) is 5.38. The minimum absolute atomic E-state index is 0.0132. The minimum atomic E-state index is -0.770. The number of aryl methyl sites for hydroxylation is 1. The SMILES string of the molecule is CC(=O)Nc1ccc(N2CC34C=CC(O3)C(C(=O)NC(C)CCc3ccccc3)C4C2=O)cc1. The molecular formula is C27H29N3O4. The minimum Gasteiger partial charge on any atom is -0.360 e. The number of ether oxygens (including phenoxy) is 1. The van der Waals surface area contributed by atoms with Crippen LogP contribution < -0.4 is 15.5 Å². The third kappa shape index (κ3) is 4.01. The van der Waals surface area contributed by atoms with Crippen molar-refractivity contribution in [3.05, 3.63) is 72.3 Å². The Morgan fingerprint density at radius 1 is 1.15 bits per heavy atom. The molecule has 5 unspecified atom stereocenters. The standard InChI is InChI=1S/C27H29N3O4/c1-17(8-9-19-6-4-3-5-7-19)28-25(32)23-22-14-15-27(34-22)16-30(26(33)24(23)27)21-12-10-20(11-13-21)29-18(2)31/h3-7,10-15,17,22-24H,8-9,16H2,1-2H3,(H,28,32)(H,29,31). The zero-order chi connectivity index (χ0) is 23.9. The average molecular weight is 460 g/mol. The normalized spacial score (nSPS) is 27.5. The van der Waals surface area contributed by atoms with Gasteiger partial charge in [-0.25, -0.2) is 0 Å². The monoisotopic (exact) mass is 459 g/mol. The van der Waals surface area contributed by atoms with Gasteiger partial charge in [-0.15, -0.1) is 0 Å². The third-order valence-corrected chi connectivity index (χ3v) is 7.00. The van der Waals surface area contributed by atoms with Crippen molar-refractivity contribution in [3.63, 3.8) is 0 Å². The van der Waals surface area contributed by atoms with Crippen molar-refractivity contribution >= 4 is 29.1 Å². The van der Waals surface area contributed by atoms with Crippen molar-refractivity contribution < 1.29 is 19.1 Å². The van der Waals surface area contributed by atoms with Crippen molar-refractivity contribution in [2.45, 2.75) is 44.4 Å². The smallest absolute Gasteiger partial charge is 0.234 e. The molecular weight excluding hydrogens is 430 g/mol. The highest BCUT2D eigenvalue weighted by atomic mass is 16.5. The Morgan fingerprint density at radius 2 is 1.88 bits per heavy atom. The van der Waals surface area contributed by atoms with Gasteiger partial charge in [0.05, 0.1) is 24.5 Å². The number of anilines is 2. The van der Waals surface area contributed by atoms with Crippen molar-refractivity contribution in [3.8, 4) is 0 Å². The number of carbonyl (C=O) groups is 3. The molecule has 2 N–H and O–H groups in total. The van der Waals surface area contributed by atoms with Gasteiger partial charge in [0.2, 0.25) is 17.7 Å². The van der Waals surface area contributed by atoms with Gasteiger partial charge in [-0.1, -0.05) is 42.5 Å². The molecule has 7 heteroatoms. The van der Waals surface area contributed by atoms with Gasteiger partial charge in [0, 0.05) is 24.3 Å². The van der Waals surface area contributed by atoms with Crippen molar-refractivity contribution in [2.24, 2.45) is 11.8 Å². The molecule has 3 heterocycles. The number of benzene rings is 2. The molecule has 0 aliphatic carbocycles. The summed E-state index contributed by atoms with van der Waals surface area (Å²) >= 11 is 0. The number of nitrogens with zero attached hydrogens (tertiary/aromatic N) is 1. The first-order chi connectivity index (χ1) is 16.4. The van der Waals surface area contributed by atoms with Crippen molar-refractivity contribution in [2.75, 3.05) is 16.8 Å². The second-order valence-corrected chi connectivity index (χ2v) is 9.49. The van der Waals surface area contributed by atoms with Crippen LogP contribution in [-0.4, -0.2) is 42.0 Å². The zero-order valence-electron chi connectivity index (χ0n) is 19.4. The van der Waals surface area contributed by atoms with Crippen LogP contribution in [0.25, 0.3) is 0 Å². The lowest BCUT2D eigenvalue weighted by Crippen LogP contribution is -2.46. The number of hydrogen-bond donors (Lipinski definition) is 2. The topological polar surface area (TPSA) is 87.7 Å². The number of fused-ring (bicyclic) bond motifs is 1. The van der Waals surface area contributed by atoms with E-state index in [-0.39, 0.29) is 29.9 Å². The van der Waals surface area contributed by atoms with Crippen LogP contribution in [0.1, 0.15) is 25.8 Å². The fourth-order valence-electron chi connectivity index (χ4n) is 5.38. The van der Waals surface area contributed by atoms with E-state index in [9.17, 15) is 14.4 Å². The molecule has 0 saturated carbocycles. The Hall–Kier alpha value is -3.45. The predicted molar refractivity (Wildman–Crippen MR) is 129 cm³/mol. The molecule has 0 aromatic heterocycles. The van der Waals surface area contributed by atoms with Crippen molar-refractivity contribution in [1.29, 1.82) is 0 Å². The van der Waals surface area contributed by atoms with Gasteiger partial charge in [-0.05, 0) is 49.6 Å². The molecule has 34 heavy (non-hydrogen) atoms. The highest BCUT2D eigenvalue weighted by Crippen LogP contribution is 2.52. The van der Waals surface area contributed by atoms with E-state index in [1.807, 2.05) is 37.3 Å². The Kier molecular flexibility index (Phi) is 5.73. The number of nitrogens with one attached hydrogen (secondary N) is 2. The summed E-state index contributed by atoms with van der Waals surface area (Å²) < 4.78 is 6.24. The number of rotatable bonds is 7. The molecule has 2 aromatic rings. The van der Waals surface area contributed by atoms with Crippen molar-refractivity contribution in [1.82, 2.24) is 5.32 Å². The Bertz CT molecular complexity index is 1130. The number of hydrogen-bond acceptors (Lipinski definition) is 4. The third-order valence-electron chi connectivity index (χ3n) is 7.00. The largest absolute Gasteiger partial charge is 0.360 e. The summed E-state index contributed by atoms with van der Waals surface area (Å²) in [4.78, 5) is 39.8. The predicted octanol–water partition coefficient (Wildman–Crippen LogP) is 3.07. The van der Waals surface area contributed by atoms with Gasteiger partial charge in [0.1, 0.15) is 5.60 Å². The van der Waals surface area contributed by atoms with Gasteiger partial charge in [-0.3, -0.25) is 14.4 Å². The molecule has 3 amide bonds. The Balaban J connectivity index is 1.27. The van der Waals surface area contributed by atoms with Crippen LogP contribution in [0.3, 0.4) is 0 Å². The van der Waals surface area contributed by atoms with Gasteiger partial charge in [0.15, 0.2) is 0 Å². The molecule has 7 nitrogen and oxygen atoms in total. The molecule has 3 aliphatic rings. The van der Waals surface area contributed by atoms with Crippen LogP contribution in [0, 0.1) is 11.8 Å². The van der Waals surface area contributed by atoms with E-state index in [0.717, 1.165) is 18.5 Å². The summed E-state index contributed by atoms with van der Waals surface area (Å²) in [6.45, 7) is 3.82. The van der Waals surface area contributed by atoms with Crippen LogP contribution in [0.2, 0.25) is 0 Å². The van der Waals surface area contributed by atoms with Crippen LogP contribution in [-0.2, 0) is 25.5 Å². The maximum Gasteiger partial charge on any atom is 0.234 e. The molecule has 2 saturated heterocycles. The van der Waals surface area contributed by atoms with Crippen LogP contribution >= 0.6 is 0 Å². The Morgan fingerprint density at radius 3 is 2.59 bits per heavy atom.